The summed E-state index contributed by atoms with van der Waals surface area (Å²) in [6.07, 6.45) is 20.2. The van der Waals surface area contributed by atoms with Gasteiger partial charge in [-0.3, -0.25) is 14.4 Å². The van der Waals surface area contributed by atoms with Crippen LogP contribution in [-0.4, -0.2) is 62.4 Å². The Kier molecular flexibility index (Phi) is 14.2. The van der Waals surface area contributed by atoms with Crippen molar-refractivity contribution in [3.05, 3.63) is 12.2 Å². The molecule has 54 heavy (non-hydrogen) atoms. The molecule has 10 atom stereocenters. The summed E-state index contributed by atoms with van der Waals surface area (Å²) in [4.78, 5) is 38.1. The van der Waals surface area contributed by atoms with Crippen LogP contribution < -0.4 is 10.6 Å². The van der Waals surface area contributed by atoms with Crippen molar-refractivity contribution in [3.8, 4) is 0 Å². The molecule has 0 saturated heterocycles. The number of aliphatic hydroxyl groups excluding tert-OH is 1. The van der Waals surface area contributed by atoms with Crippen LogP contribution in [0.1, 0.15) is 164 Å². The molecule has 5 fully saturated rings. The van der Waals surface area contributed by atoms with Crippen LogP contribution in [0.4, 0.5) is 0 Å². The maximum atomic E-state index is 14.6. The molecule has 308 valence electrons. The molecule has 0 bridgehead atoms. The Morgan fingerprint density at radius 1 is 0.759 bits per heavy atom. The van der Waals surface area contributed by atoms with Crippen molar-refractivity contribution in [1.29, 1.82) is 0 Å². The van der Waals surface area contributed by atoms with Crippen LogP contribution in [0.25, 0.3) is 0 Å². The lowest BCUT2D eigenvalue weighted by Gasteiger charge is -2.72. The molecule has 8 nitrogen and oxygen atoms in total. The summed E-state index contributed by atoms with van der Waals surface area (Å²) in [5, 5.41) is 16.4. The number of ether oxygens (including phenoxy) is 2. The van der Waals surface area contributed by atoms with Crippen molar-refractivity contribution in [2.45, 2.75) is 170 Å². The quantitative estimate of drug-likeness (QED) is 0.0728. The summed E-state index contributed by atoms with van der Waals surface area (Å²) in [6, 6.07) is 0. The van der Waals surface area contributed by atoms with Crippen molar-refractivity contribution >= 4 is 17.8 Å². The molecular formula is C46H78N2O6. The smallest absolute Gasteiger partial charge is 0.305 e. The number of methoxy groups -OCH3 is 1. The van der Waals surface area contributed by atoms with Gasteiger partial charge in [-0.1, -0.05) is 85.3 Å². The number of carbonyl (C=O) groups is 3. The summed E-state index contributed by atoms with van der Waals surface area (Å²) in [5.41, 5.74) is 1.33. The van der Waals surface area contributed by atoms with E-state index in [0.717, 1.165) is 77.2 Å². The Balaban J connectivity index is 1.27. The predicted octanol–water partition coefficient (Wildman–Crippen LogP) is 8.94. The number of hydrogen-bond acceptors (Lipinski definition) is 7. The van der Waals surface area contributed by atoms with Gasteiger partial charge in [0.1, 0.15) is 6.10 Å². The molecule has 3 N–H and O–H groups in total. The van der Waals surface area contributed by atoms with Crippen molar-refractivity contribution in [2.24, 2.45) is 56.7 Å². The minimum Gasteiger partial charge on any atom is -0.469 e. The fourth-order valence-corrected chi connectivity index (χ4v) is 14.2. The third-order valence-electron chi connectivity index (χ3n) is 17.1. The van der Waals surface area contributed by atoms with Crippen LogP contribution in [0.3, 0.4) is 0 Å². The van der Waals surface area contributed by atoms with Gasteiger partial charge in [-0.25, -0.2) is 0 Å². The maximum absolute atomic E-state index is 14.6. The van der Waals surface area contributed by atoms with Gasteiger partial charge in [0, 0.05) is 38.4 Å². The molecule has 0 unspecified atom stereocenters. The molecule has 5 saturated carbocycles. The van der Waals surface area contributed by atoms with Gasteiger partial charge >= 0.3 is 11.9 Å². The standard InChI is InChI=1S/C46H78N2O6/c1-32(31-47-29-30-49)34-20-25-46(41(52)48-28-16-14-12-10-9-11-13-15-17-39(51)53-8)27-26-44(6)35(40(34)46)18-19-37-43(5)23-22-38(54-33(2)50)42(3,4)36(43)21-24-45(37,44)7/h34-38,40,47,49H,1,9-31H2,2-8H3,(H,48,52)/t34-,35+,36-,37+,38-,40+,43-,44+,45+,46-/m0/s1. The van der Waals surface area contributed by atoms with E-state index in [9.17, 15) is 19.5 Å². The van der Waals surface area contributed by atoms with Crippen LogP contribution in [0.15, 0.2) is 12.2 Å². The van der Waals surface area contributed by atoms with Crippen LogP contribution in [0.5, 0.6) is 0 Å². The van der Waals surface area contributed by atoms with Gasteiger partial charge < -0.3 is 25.2 Å². The fourth-order valence-electron chi connectivity index (χ4n) is 14.2. The molecule has 0 aromatic heterocycles. The lowest BCUT2D eigenvalue weighted by Crippen LogP contribution is -2.67. The number of unbranched alkanes of at least 4 members (excludes halogenated alkanes) is 7. The van der Waals surface area contributed by atoms with Gasteiger partial charge in [0.25, 0.3) is 0 Å². The first kappa shape index (κ1) is 43.2. The summed E-state index contributed by atoms with van der Waals surface area (Å²) < 4.78 is 10.7. The van der Waals surface area contributed by atoms with Gasteiger partial charge in [-0.05, 0) is 123 Å². The molecular weight excluding hydrogens is 677 g/mol. The van der Waals surface area contributed by atoms with Crippen LogP contribution >= 0.6 is 0 Å². The van der Waals surface area contributed by atoms with E-state index in [1.54, 1.807) is 6.92 Å². The molecule has 0 spiro atoms. The maximum Gasteiger partial charge on any atom is 0.305 e. The van der Waals surface area contributed by atoms with Crippen molar-refractivity contribution in [3.63, 3.8) is 0 Å². The van der Waals surface area contributed by atoms with Crippen LogP contribution in [0, 0.1) is 56.7 Å². The average Bonchev–Trinajstić information content (AvgIpc) is 3.53. The lowest BCUT2D eigenvalue weighted by molar-refractivity contribution is -0.248. The Hall–Kier alpha value is -1.93. The summed E-state index contributed by atoms with van der Waals surface area (Å²) in [5.74, 6) is 2.23. The van der Waals surface area contributed by atoms with E-state index in [1.807, 2.05) is 0 Å². The minimum absolute atomic E-state index is 0.0155. The number of esters is 2. The van der Waals surface area contributed by atoms with Crippen molar-refractivity contribution < 1.29 is 29.0 Å². The minimum atomic E-state index is -0.340. The first-order valence-electron chi connectivity index (χ1n) is 22.1. The second-order valence-corrected chi connectivity index (χ2v) is 19.9. The normalized spacial score (nSPS) is 37.9. The summed E-state index contributed by atoms with van der Waals surface area (Å²) in [7, 11) is 1.45. The predicted molar refractivity (Wildman–Crippen MR) is 215 cm³/mol. The number of hydrogen-bond donors (Lipinski definition) is 3. The van der Waals surface area contributed by atoms with E-state index >= 15 is 0 Å². The highest BCUT2D eigenvalue weighted by Gasteiger charge is 2.72. The van der Waals surface area contributed by atoms with E-state index in [1.165, 1.54) is 57.6 Å². The topological polar surface area (TPSA) is 114 Å². The van der Waals surface area contributed by atoms with E-state index in [4.69, 9.17) is 9.47 Å². The lowest BCUT2D eigenvalue weighted by atomic mass is 9.32. The molecule has 5 rings (SSSR count). The van der Waals surface area contributed by atoms with Gasteiger partial charge in [0.05, 0.1) is 19.1 Å². The first-order valence-corrected chi connectivity index (χ1v) is 22.1. The van der Waals surface area contributed by atoms with Gasteiger partial charge in [0.2, 0.25) is 5.91 Å². The molecule has 0 aliphatic heterocycles. The molecule has 5 aliphatic rings. The van der Waals surface area contributed by atoms with E-state index in [2.05, 4.69) is 51.8 Å². The first-order chi connectivity index (χ1) is 25.6. The average molecular weight is 755 g/mol. The Morgan fingerprint density at radius 2 is 1.44 bits per heavy atom. The SMILES string of the molecule is C=C(CNCCO)[C@@H]1CC[C@]2(C(=O)NCCCCCCCCCCC(=O)OC)CC[C@]3(C)[C@H](CC[C@@H]4[C@@]5(C)CC[C@H](OC(C)=O)C(C)(C)[C@@H]5CC[C@]43C)[C@@H]12. The molecule has 0 aromatic carbocycles. The Morgan fingerprint density at radius 3 is 2.11 bits per heavy atom. The number of nitrogens with one attached hydrogen (secondary N) is 2. The number of fused-ring (bicyclic) bond motifs is 7. The van der Waals surface area contributed by atoms with Gasteiger partial charge in [0.15, 0.2) is 0 Å². The third kappa shape index (κ3) is 8.09. The third-order valence-corrected chi connectivity index (χ3v) is 17.1. The van der Waals surface area contributed by atoms with E-state index in [0.29, 0.717) is 55.0 Å². The molecule has 0 heterocycles. The van der Waals surface area contributed by atoms with Crippen molar-refractivity contribution in [2.75, 3.05) is 33.4 Å². The second kappa shape index (κ2) is 17.7. The highest BCUT2D eigenvalue weighted by atomic mass is 16.5. The zero-order valence-corrected chi connectivity index (χ0v) is 35.4. The highest BCUT2D eigenvalue weighted by molar-refractivity contribution is 5.84. The van der Waals surface area contributed by atoms with Crippen LogP contribution in [0.2, 0.25) is 0 Å². The number of amides is 1. The Bertz CT molecular complexity index is 1330. The number of rotatable bonds is 18. The number of aliphatic hydroxyl groups is 1. The van der Waals surface area contributed by atoms with Crippen molar-refractivity contribution in [1.82, 2.24) is 10.6 Å². The zero-order chi connectivity index (χ0) is 39.4. The highest BCUT2D eigenvalue weighted by Crippen LogP contribution is 2.77. The largest absolute Gasteiger partial charge is 0.469 e. The molecule has 8 heteroatoms. The molecule has 0 aromatic rings. The summed E-state index contributed by atoms with van der Waals surface area (Å²) in [6.45, 7) is 21.0. The molecule has 5 aliphatic carbocycles. The second-order valence-electron chi connectivity index (χ2n) is 19.9. The zero-order valence-electron chi connectivity index (χ0n) is 35.4. The van der Waals surface area contributed by atoms with Crippen LogP contribution in [-0.2, 0) is 23.9 Å². The van der Waals surface area contributed by atoms with Gasteiger partial charge in [-0.2, -0.15) is 0 Å². The summed E-state index contributed by atoms with van der Waals surface area (Å²) >= 11 is 0. The van der Waals surface area contributed by atoms with Gasteiger partial charge in [-0.15, -0.1) is 0 Å². The van der Waals surface area contributed by atoms with E-state index < -0.39 is 0 Å². The van der Waals surface area contributed by atoms with E-state index in [-0.39, 0.29) is 51.7 Å². The Labute approximate surface area is 328 Å². The fraction of sp³-hybridized carbons (Fsp3) is 0.891. The monoisotopic (exact) mass is 755 g/mol. The number of carbonyl (C=O) groups excluding carboxylic acids is 3. The molecule has 1 amide bonds. The molecule has 0 radical (unpaired) electrons.